The number of H-pyrrole nitrogens is 1. The highest BCUT2D eigenvalue weighted by Crippen LogP contribution is 2.60. The number of ether oxygens (including phenoxy) is 2. The van der Waals surface area contributed by atoms with E-state index >= 15 is 0 Å². The van der Waals surface area contributed by atoms with Gasteiger partial charge in [0.05, 0.1) is 31.7 Å². The number of fused-ring (bicyclic) bond motifs is 4. The maximum absolute atomic E-state index is 13.8. The number of nitrogens with one attached hydrogen (secondary N) is 4. The number of amides is 3. The smallest absolute Gasteiger partial charge is 0.386 e. The fourth-order valence-electron chi connectivity index (χ4n) is 7.15. The van der Waals surface area contributed by atoms with Gasteiger partial charge in [0.2, 0.25) is 23.6 Å². The fraction of sp³-hybridized carbons (Fsp3) is 0.500. The van der Waals surface area contributed by atoms with Crippen molar-refractivity contribution in [2.75, 3.05) is 18.5 Å². The molecule has 1 aliphatic carbocycles. The second-order valence-electron chi connectivity index (χ2n) is 15.4. The van der Waals surface area contributed by atoms with Crippen LogP contribution < -0.4 is 32.0 Å². The molecule has 2 unspecified atom stereocenters. The van der Waals surface area contributed by atoms with E-state index in [1.54, 1.807) is 38.1 Å². The minimum atomic E-state index is -4.33. The fourth-order valence-corrected chi connectivity index (χ4v) is 10.2. The summed E-state index contributed by atoms with van der Waals surface area (Å²) in [6, 6.07) is 6.20. The molecule has 5 heterocycles. The molecule has 63 heavy (non-hydrogen) atoms. The summed E-state index contributed by atoms with van der Waals surface area (Å²) in [7, 11) is 0. The Hall–Kier alpha value is -4.26. The van der Waals surface area contributed by atoms with Crippen molar-refractivity contribution < 1.29 is 56.2 Å². The van der Waals surface area contributed by atoms with Crippen molar-refractivity contribution in [1.29, 1.82) is 0 Å². The first-order valence-corrected chi connectivity index (χ1v) is 25.0. The molecule has 7 N–H and O–H groups in total. The van der Waals surface area contributed by atoms with Gasteiger partial charge in [-0.3, -0.25) is 47.6 Å². The van der Waals surface area contributed by atoms with Gasteiger partial charge in [0.1, 0.15) is 36.8 Å². The number of imidazole rings is 1. The lowest BCUT2D eigenvalue weighted by atomic mass is 10.0. The summed E-state index contributed by atoms with van der Waals surface area (Å²) in [5.74, 6) is -2.43. The Morgan fingerprint density at radius 1 is 1.03 bits per heavy atom. The van der Waals surface area contributed by atoms with Crippen LogP contribution in [-0.2, 0) is 48.1 Å². The molecule has 2 aliphatic heterocycles. The number of carbonyl (C=O) groups excluding carboxylic acids is 3. The largest absolute Gasteiger partial charge is 0.474 e. The number of aliphatic hydroxyl groups excluding tert-OH is 1. The molecule has 340 valence electrons. The highest BCUT2D eigenvalue weighted by atomic mass is 32.7. The predicted molar refractivity (Wildman–Crippen MR) is 229 cm³/mol. The van der Waals surface area contributed by atoms with Crippen LogP contribution in [0.15, 0.2) is 54.0 Å². The molecular weight excluding hydrogens is 907 g/mol. The van der Waals surface area contributed by atoms with Crippen LogP contribution in [0, 0.1) is 11.8 Å². The lowest BCUT2D eigenvalue weighted by molar-refractivity contribution is -0.129. The van der Waals surface area contributed by atoms with Crippen LogP contribution in [0.3, 0.4) is 0 Å². The Labute approximate surface area is 369 Å². The van der Waals surface area contributed by atoms with Crippen LogP contribution in [0.1, 0.15) is 55.8 Å². The van der Waals surface area contributed by atoms with E-state index in [9.17, 15) is 33.4 Å². The Morgan fingerprint density at radius 2 is 1.78 bits per heavy atom. The second-order valence-corrected chi connectivity index (χ2v) is 21.1. The molecule has 23 nitrogen and oxygen atoms in total. The molecule has 3 aromatic heterocycles. The summed E-state index contributed by atoms with van der Waals surface area (Å²) in [4.78, 5) is 71.2. The number of hydrogen-bond acceptors (Lipinski definition) is 18. The zero-order valence-electron chi connectivity index (χ0n) is 33.9. The van der Waals surface area contributed by atoms with Crippen LogP contribution in [0.2, 0.25) is 0 Å². The zero-order chi connectivity index (χ0) is 45.2. The number of aromatic amines is 1. The van der Waals surface area contributed by atoms with Gasteiger partial charge in [0.15, 0.2) is 17.4 Å². The molecule has 0 spiro atoms. The number of anilines is 1. The Kier molecular flexibility index (Phi) is 14.4. The van der Waals surface area contributed by atoms with E-state index < -0.39 is 98.2 Å². The maximum Gasteiger partial charge on any atom is 0.386 e. The van der Waals surface area contributed by atoms with Gasteiger partial charge in [-0.15, -0.1) is 0 Å². The minimum Gasteiger partial charge on any atom is -0.474 e. The average molecular weight is 953 g/mol. The highest BCUT2D eigenvalue weighted by molar-refractivity contribution is 8.44. The van der Waals surface area contributed by atoms with Crippen molar-refractivity contribution >= 4 is 72.9 Å². The third kappa shape index (κ3) is 11.2. The summed E-state index contributed by atoms with van der Waals surface area (Å²) in [5, 5.41) is 19.3. The normalized spacial score (nSPS) is 29.7. The summed E-state index contributed by atoms with van der Waals surface area (Å²) in [5.41, 5.74) is 5.27. The molecule has 0 radical (unpaired) electrons. The first-order valence-electron chi connectivity index (χ1n) is 19.7. The van der Waals surface area contributed by atoms with E-state index in [-0.39, 0.29) is 48.2 Å². The molecule has 7 rings (SSSR count). The highest BCUT2D eigenvalue weighted by Gasteiger charge is 2.51. The number of nitrogens with two attached hydrogens (primary N) is 1. The number of nitrogens with zero attached hydrogens (tertiary/aromatic N) is 5. The molecule has 11 atom stereocenters. The monoisotopic (exact) mass is 952 g/mol. The SMILES string of the molecule is CC(NC(=O)C(N)C(C)C)C(=O)NCc1ccccc1C(=O)Nc1nc2c(ncn2[C@@H]2O[C@@H]3CO[P@@](=O)(S)O[C@H]4C[C@H](Oc5ccncn5)C[C@@H]4CO[P@@](=O)(S)O[C@@H]2[C@@H]3O)c(=O)[nH]1. The van der Waals surface area contributed by atoms with E-state index in [0.717, 1.165) is 6.33 Å². The first kappa shape index (κ1) is 46.7. The lowest BCUT2D eigenvalue weighted by Crippen LogP contribution is -2.51. The maximum atomic E-state index is 13.8. The van der Waals surface area contributed by atoms with Gasteiger partial charge >= 0.3 is 13.6 Å². The average Bonchev–Trinajstić information content (AvgIpc) is 3.92. The number of hydrogen-bond donors (Lipinski definition) is 8. The third-order valence-electron chi connectivity index (χ3n) is 10.5. The molecule has 1 saturated carbocycles. The van der Waals surface area contributed by atoms with E-state index in [2.05, 4.69) is 65.4 Å². The molecule has 3 aliphatic rings. The van der Waals surface area contributed by atoms with Crippen molar-refractivity contribution in [3.8, 4) is 5.88 Å². The summed E-state index contributed by atoms with van der Waals surface area (Å²) in [6.07, 6.45) is -2.63. The van der Waals surface area contributed by atoms with Crippen LogP contribution in [-0.4, -0.2) is 108 Å². The molecule has 4 aromatic rings. The standard InChI is InChI=1S/C36H46N10O13P2S2/c1-17(2)26(37)33(50)42-18(3)31(48)39-12-19-6-4-5-7-22(19)32(49)44-36-43-30-27(34(51)45-36)41-16-46(30)35-29-28(47)24(57-35)14-55-60(52,62)58-23-11-21(56-25-8-9-38-15-40-25)10-20(23)13-54-61(53,63)59-29/h4-9,15-18,20-21,23-24,26,28-29,35,47H,10-14,37H2,1-3H3,(H,39,48)(H,42,50)(H,52,62)(H,53,63)(H2,43,44,45,49,51)/t18?,20-,21-,23+,24-,26?,28-,29-,35-,60-,61-/m1/s1. The number of aliphatic hydroxyl groups is 1. The number of benzene rings is 1. The van der Waals surface area contributed by atoms with Crippen molar-refractivity contribution in [2.45, 2.75) is 89.0 Å². The molecule has 2 saturated heterocycles. The van der Waals surface area contributed by atoms with Gasteiger partial charge in [-0.05, 0) is 30.9 Å². The van der Waals surface area contributed by atoms with Crippen molar-refractivity contribution in [3.05, 3.63) is 70.7 Å². The van der Waals surface area contributed by atoms with Crippen molar-refractivity contribution in [1.82, 2.24) is 40.1 Å². The molecule has 27 heteroatoms. The quantitative estimate of drug-likeness (QED) is 0.0790. The van der Waals surface area contributed by atoms with Crippen molar-refractivity contribution in [2.24, 2.45) is 17.6 Å². The van der Waals surface area contributed by atoms with Crippen LogP contribution in [0.5, 0.6) is 5.88 Å². The van der Waals surface area contributed by atoms with E-state index in [4.69, 9.17) is 33.3 Å². The number of carbonyl (C=O) groups is 3. The number of rotatable bonds is 11. The van der Waals surface area contributed by atoms with E-state index in [0.29, 0.717) is 17.9 Å². The number of aromatic nitrogens is 6. The summed E-state index contributed by atoms with van der Waals surface area (Å²) >= 11 is 8.37. The lowest BCUT2D eigenvalue weighted by Gasteiger charge is -2.26. The number of thiol groups is 2. The topological polar surface area (TPSA) is 312 Å². The van der Waals surface area contributed by atoms with Gasteiger partial charge in [0, 0.05) is 36.7 Å². The molecular formula is C36H46N10O13P2S2. The third-order valence-corrected chi connectivity index (χ3v) is 13.8. The van der Waals surface area contributed by atoms with Crippen LogP contribution in [0.25, 0.3) is 11.2 Å². The molecule has 3 amide bonds. The second kappa shape index (κ2) is 19.5. The van der Waals surface area contributed by atoms with Gasteiger partial charge in [-0.2, -0.15) is 4.98 Å². The Balaban J connectivity index is 1.08. The Bertz CT molecular complexity index is 2490. The minimum absolute atomic E-state index is 0.101. The van der Waals surface area contributed by atoms with Gasteiger partial charge in [-0.25, -0.2) is 24.1 Å². The summed E-state index contributed by atoms with van der Waals surface area (Å²) < 4.78 is 63.7. The first-order chi connectivity index (χ1) is 29.9. The van der Waals surface area contributed by atoms with E-state index in [1.165, 1.54) is 30.1 Å². The van der Waals surface area contributed by atoms with Gasteiger partial charge in [-0.1, -0.05) is 56.5 Å². The van der Waals surface area contributed by atoms with E-state index in [1.807, 2.05) is 0 Å². The van der Waals surface area contributed by atoms with Gasteiger partial charge in [0.25, 0.3) is 11.5 Å². The van der Waals surface area contributed by atoms with Crippen LogP contribution in [0.4, 0.5) is 5.95 Å². The zero-order valence-corrected chi connectivity index (χ0v) is 37.5. The molecule has 2 bridgehead atoms. The Morgan fingerprint density at radius 3 is 2.52 bits per heavy atom. The predicted octanol–water partition coefficient (Wildman–Crippen LogP) is 2.27. The molecule has 1 aromatic carbocycles. The van der Waals surface area contributed by atoms with Gasteiger partial charge < -0.3 is 35.5 Å². The van der Waals surface area contributed by atoms with Crippen LogP contribution >= 0.6 is 38.1 Å². The van der Waals surface area contributed by atoms with Crippen molar-refractivity contribution in [3.63, 3.8) is 0 Å². The summed E-state index contributed by atoms with van der Waals surface area (Å²) in [6.45, 7) is -4.33. The molecule has 3 fully saturated rings.